The van der Waals surface area contributed by atoms with Gasteiger partial charge in [-0.15, -0.1) is 0 Å². The van der Waals surface area contributed by atoms with Gasteiger partial charge >= 0.3 is 0 Å². The van der Waals surface area contributed by atoms with Crippen LogP contribution >= 0.6 is 22.6 Å². The fourth-order valence-electron chi connectivity index (χ4n) is 2.76. The van der Waals surface area contributed by atoms with Crippen LogP contribution in [0.5, 0.6) is 0 Å². The number of aromatic nitrogens is 2. The number of alkyl halides is 1. The van der Waals surface area contributed by atoms with Crippen LogP contribution in [0.1, 0.15) is 51.8 Å². The first-order chi connectivity index (χ1) is 9.93. The van der Waals surface area contributed by atoms with Crippen molar-refractivity contribution in [3.05, 3.63) is 16.4 Å². The Morgan fingerprint density at radius 2 is 2.10 bits per heavy atom. The molecule has 1 N–H and O–H groups in total. The zero-order valence-corrected chi connectivity index (χ0v) is 15.4. The van der Waals surface area contributed by atoms with E-state index >= 15 is 0 Å². The molecule has 116 valence electrons. The van der Waals surface area contributed by atoms with Gasteiger partial charge in [-0.25, -0.2) is 9.97 Å². The van der Waals surface area contributed by atoms with Gasteiger partial charge in [0.25, 0.3) is 0 Å². The van der Waals surface area contributed by atoms with Crippen molar-refractivity contribution in [1.82, 2.24) is 15.4 Å². The molecule has 0 radical (unpaired) electrons. The van der Waals surface area contributed by atoms with Crippen LogP contribution < -0.4 is 21.0 Å². The highest BCUT2D eigenvalue weighted by Crippen LogP contribution is 2.30. The Bertz CT molecular complexity index is 597. The van der Waals surface area contributed by atoms with Crippen LogP contribution in [0.15, 0.2) is 0 Å². The maximum Gasteiger partial charge on any atom is 0.160 e. The lowest BCUT2D eigenvalue weighted by atomic mass is 9.99. The molecule has 5 heteroatoms. The first-order valence-corrected chi connectivity index (χ1v) is 8.77. The highest BCUT2D eigenvalue weighted by atomic mass is 127. The number of anilines is 1. The van der Waals surface area contributed by atoms with Crippen LogP contribution in [0.3, 0.4) is 0 Å². The van der Waals surface area contributed by atoms with Gasteiger partial charge in [0.1, 0.15) is 5.82 Å². The summed E-state index contributed by atoms with van der Waals surface area (Å²) >= 11 is 2.61. The van der Waals surface area contributed by atoms with E-state index in [1.807, 2.05) is 13.1 Å². The monoisotopic (exact) mass is 400 g/mol. The maximum absolute atomic E-state index is 4.53. The van der Waals surface area contributed by atoms with Crippen molar-refractivity contribution in [2.45, 2.75) is 56.3 Å². The van der Waals surface area contributed by atoms with Crippen molar-refractivity contribution in [1.29, 1.82) is 0 Å². The molecule has 21 heavy (non-hydrogen) atoms. The Balaban J connectivity index is 1.87. The van der Waals surface area contributed by atoms with Crippen molar-refractivity contribution in [3.8, 4) is 0 Å². The highest BCUT2D eigenvalue weighted by Gasteiger charge is 2.19. The summed E-state index contributed by atoms with van der Waals surface area (Å²) in [4.78, 5) is 8.84. The topological polar surface area (TPSA) is 41.1 Å². The predicted octanol–water partition coefficient (Wildman–Crippen LogP) is 2.42. The molecular weight excluding hydrogens is 375 g/mol. The molecule has 1 aromatic heterocycles. The molecule has 4 nitrogen and oxygen atoms in total. The van der Waals surface area contributed by atoms with E-state index in [1.54, 1.807) is 0 Å². The molecule has 0 aliphatic carbocycles. The van der Waals surface area contributed by atoms with Gasteiger partial charge in [0, 0.05) is 16.2 Å². The third-order valence-corrected chi connectivity index (χ3v) is 4.92. The van der Waals surface area contributed by atoms with E-state index in [9.17, 15) is 0 Å². The number of hydrogen-bond acceptors (Lipinski definition) is 4. The number of nitrogens with zero attached hydrogens (tertiary/aromatic N) is 3. The minimum absolute atomic E-state index is 0.439. The Hall–Kier alpha value is -0.850. The molecule has 0 fully saturated rings. The number of halogens is 1. The van der Waals surface area contributed by atoms with E-state index in [0.717, 1.165) is 35.2 Å². The first-order valence-electron chi connectivity index (χ1n) is 7.69. The van der Waals surface area contributed by atoms with Crippen LogP contribution in [0.4, 0.5) is 5.82 Å². The molecule has 0 bridgehead atoms. The van der Waals surface area contributed by atoms with E-state index in [0.29, 0.717) is 3.42 Å². The van der Waals surface area contributed by atoms with Gasteiger partial charge in [-0.05, 0) is 26.2 Å². The average Bonchev–Trinajstić information content (AvgIpc) is 2.78. The quantitative estimate of drug-likeness (QED) is 0.434. The van der Waals surface area contributed by atoms with Crippen LogP contribution in [-0.4, -0.2) is 19.9 Å². The zero-order valence-electron chi connectivity index (χ0n) is 13.2. The second-order valence-corrected chi connectivity index (χ2v) is 8.60. The van der Waals surface area contributed by atoms with Gasteiger partial charge in [0.15, 0.2) is 5.82 Å². The van der Waals surface area contributed by atoms with E-state index in [4.69, 9.17) is 0 Å². The van der Waals surface area contributed by atoms with Gasteiger partial charge in [-0.1, -0.05) is 55.9 Å². The van der Waals surface area contributed by atoms with E-state index in [1.165, 1.54) is 25.7 Å². The Labute approximate surface area is 140 Å². The van der Waals surface area contributed by atoms with Gasteiger partial charge in [-0.2, -0.15) is 0 Å². The summed E-state index contributed by atoms with van der Waals surface area (Å²) in [5, 5.41) is 3.93. The van der Waals surface area contributed by atoms with Gasteiger partial charge in [0.2, 0.25) is 0 Å². The number of hydrogen-bond donors (Lipinski definition) is 1. The lowest BCUT2D eigenvalue weighted by molar-refractivity contribution is 0.521. The van der Waals surface area contributed by atoms with Gasteiger partial charge in [-0.3, -0.25) is 5.01 Å². The fourth-order valence-corrected chi connectivity index (χ4v) is 3.68. The van der Waals surface area contributed by atoms with Crippen molar-refractivity contribution in [2.75, 3.05) is 11.6 Å². The van der Waals surface area contributed by atoms with Gasteiger partial charge in [0.05, 0.1) is 10.6 Å². The average molecular weight is 400 g/mol. The number of hydrazine groups is 1. The van der Waals surface area contributed by atoms with Crippen LogP contribution in [-0.2, 0) is 0 Å². The largest absolute Gasteiger partial charge is 0.304 e. The fraction of sp³-hybridized carbons (Fsp3) is 0.625. The molecule has 2 rings (SSSR count). The number of fused-ring (bicyclic) bond motifs is 1. The molecule has 0 saturated carbocycles. The normalized spacial score (nSPS) is 16.1. The molecule has 0 spiro atoms. The van der Waals surface area contributed by atoms with E-state index < -0.39 is 0 Å². The number of aryl methyl sites for hydroxylation is 1. The summed E-state index contributed by atoms with van der Waals surface area (Å²) < 4.78 is 0.439. The smallest absolute Gasteiger partial charge is 0.160 e. The maximum atomic E-state index is 4.53. The number of unbranched alkanes of at least 4 members (excludes halogenated alkanes) is 1. The second kappa shape index (κ2) is 6.94. The van der Waals surface area contributed by atoms with Crippen LogP contribution in [0.25, 0.3) is 12.8 Å². The van der Waals surface area contributed by atoms with Crippen molar-refractivity contribution in [3.63, 3.8) is 0 Å². The lowest BCUT2D eigenvalue weighted by Gasteiger charge is -2.23. The molecule has 0 amide bonds. The third kappa shape index (κ3) is 4.31. The molecule has 1 atom stereocenters. The minimum Gasteiger partial charge on any atom is -0.304 e. The highest BCUT2D eigenvalue weighted by molar-refractivity contribution is 14.1. The summed E-state index contributed by atoms with van der Waals surface area (Å²) in [5.41, 5.74) is 3.28. The summed E-state index contributed by atoms with van der Waals surface area (Å²) in [7, 11) is 0. The number of rotatable bonds is 7. The molecule has 0 aromatic carbocycles. The molecule has 1 aromatic rings. The molecule has 2 heterocycles. The Kier molecular flexibility index (Phi) is 5.46. The summed E-state index contributed by atoms with van der Waals surface area (Å²) in [5.74, 6) is 1.75. The molecular formula is C16H25IN4. The van der Waals surface area contributed by atoms with E-state index in [2.05, 4.69) is 63.4 Å². The van der Waals surface area contributed by atoms with Gasteiger partial charge < -0.3 is 5.43 Å². The summed E-state index contributed by atoms with van der Waals surface area (Å²) in [6, 6.07) is 0. The Morgan fingerprint density at radius 1 is 1.33 bits per heavy atom. The van der Waals surface area contributed by atoms with Crippen LogP contribution in [0.2, 0.25) is 0 Å². The Morgan fingerprint density at radius 3 is 2.81 bits per heavy atom. The third-order valence-electron chi connectivity index (χ3n) is 3.84. The SMILES string of the molecule is C=c1nc(C)nc2c1=CNN2CCCCC(C)(I)CCC. The lowest BCUT2D eigenvalue weighted by Crippen LogP contribution is -2.35. The molecule has 0 saturated heterocycles. The number of nitrogens with one attached hydrogen (secondary N) is 1. The van der Waals surface area contributed by atoms with E-state index in [-0.39, 0.29) is 0 Å². The molecule has 1 aliphatic rings. The second-order valence-electron chi connectivity index (χ2n) is 6.00. The summed E-state index contributed by atoms with van der Waals surface area (Å²) in [6.07, 6.45) is 8.19. The zero-order chi connectivity index (χ0) is 15.5. The minimum atomic E-state index is 0.439. The standard InChI is InChI=1S/C16H25IN4/c1-5-8-16(4,17)9-6-7-10-21-15-14(11-18-21)12(2)19-13(3)20-15/h11,18H,2,5-10H2,1,3-4H3. The van der Waals surface area contributed by atoms with Crippen LogP contribution in [0, 0.1) is 6.92 Å². The van der Waals surface area contributed by atoms with Crippen molar-refractivity contribution < 1.29 is 0 Å². The molecule has 1 aliphatic heterocycles. The summed E-state index contributed by atoms with van der Waals surface area (Å²) in [6.45, 7) is 11.5. The first kappa shape index (κ1) is 16.5. The van der Waals surface area contributed by atoms with Crippen molar-refractivity contribution >= 4 is 41.2 Å². The predicted molar refractivity (Wildman–Crippen MR) is 97.7 cm³/mol. The molecule has 1 unspecified atom stereocenters. The van der Waals surface area contributed by atoms with Crippen molar-refractivity contribution in [2.24, 2.45) is 0 Å².